The van der Waals surface area contributed by atoms with Crippen LogP contribution in [0.3, 0.4) is 0 Å². The van der Waals surface area contributed by atoms with Gasteiger partial charge in [0.25, 0.3) is 0 Å². The summed E-state index contributed by atoms with van der Waals surface area (Å²) < 4.78 is 0. The van der Waals surface area contributed by atoms with E-state index in [1.807, 2.05) is 0 Å². The lowest BCUT2D eigenvalue weighted by molar-refractivity contribution is -0.154. The highest BCUT2D eigenvalue weighted by Crippen LogP contribution is 2.40. The molecule has 1 aliphatic carbocycles. The molecule has 0 aliphatic heterocycles. The van der Waals surface area contributed by atoms with E-state index >= 15 is 0 Å². The SMILES string of the molecule is CCc1ccc(CCC(=O)NCC2(C(=O)O)CCC2)cc1. The van der Waals surface area contributed by atoms with Gasteiger partial charge in [0, 0.05) is 13.0 Å². The topological polar surface area (TPSA) is 66.4 Å². The van der Waals surface area contributed by atoms with Crippen LogP contribution in [0.15, 0.2) is 24.3 Å². The number of carboxylic acid groups (broad SMARTS) is 1. The molecule has 4 nitrogen and oxygen atoms in total. The van der Waals surface area contributed by atoms with Crippen LogP contribution in [-0.2, 0) is 22.4 Å². The van der Waals surface area contributed by atoms with Crippen LogP contribution in [0.5, 0.6) is 0 Å². The average Bonchev–Trinajstić information content (AvgIpc) is 2.44. The Bertz CT molecular complexity index is 503. The first-order valence-electron chi connectivity index (χ1n) is 7.64. The Balaban J connectivity index is 1.75. The van der Waals surface area contributed by atoms with E-state index in [9.17, 15) is 14.7 Å². The van der Waals surface area contributed by atoms with Gasteiger partial charge in [-0.3, -0.25) is 9.59 Å². The second-order valence-electron chi connectivity index (χ2n) is 5.89. The summed E-state index contributed by atoms with van der Waals surface area (Å²) in [4.78, 5) is 23.0. The fourth-order valence-corrected chi connectivity index (χ4v) is 2.63. The van der Waals surface area contributed by atoms with E-state index in [0.29, 0.717) is 25.7 Å². The third-order valence-corrected chi connectivity index (χ3v) is 4.46. The number of hydrogen-bond acceptors (Lipinski definition) is 2. The van der Waals surface area contributed by atoms with Gasteiger partial charge < -0.3 is 10.4 Å². The predicted octanol–water partition coefficient (Wildman–Crippen LogP) is 2.55. The molecule has 1 aromatic carbocycles. The van der Waals surface area contributed by atoms with Crippen molar-refractivity contribution >= 4 is 11.9 Å². The zero-order valence-corrected chi connectivity index (χ0v) is 12.5. The number of rotatable bonds is 7. The second kappa shape index (κ2) is 6.74. The van der Waals surface area contributed by atoms with Crippen molar-refractivity contribution in [2.75, 3.05) is 6.54 Å². The smallest absolute Gasteiger partial charge is 0.311 e. The normalized spacial score (nSPS) is 16.0. The van der Waals surface area contributed by atoms with Crippen molar-refractivity contribution in [2.24, 2.45) is 5.41 Å². The van der Waals surface area contributed by atoms with Crippen molar-refractivity contribution in [1.82, 2.24) is 5.32 Å². The summed E-state index contributed by atoms with van der Waals surface area (Å²) in [5.41, 5.74) is 1.72. The molecule has 4 heteroatoms. The fraction of sp³-hybridized carbons (Fsp3) is 0.529. The van der Waals surface area contributed by atoms with Crippen LogP contribution in [0.4, 0.5) is 0 Å². The summed E-state index contributed by atoms with van der Waals surface area (Å²) >= 11 is 0. The molecule has 114 valence electrons. The predicted molar refractivity (Wildman–Crippen MR) is 81.1 cm³/mol. The number of carbonyl (C=O) groups excluding carboxylic acids is 1. The van der Waals surface area contributed by atoms with E-state index < -0.39 is 11.4 Å². The van der Waals surface area contributed by atoms with Crippen LogP contribution < -0.4 is 5.32 Å². The summed E-state index contributed by atoms with van der Waals surface area (Å²) in [6.45, 7) is 2.37. The van der Waals surface area contributed by atoms with Crippen molar-refractivity contribution in [3.05, 3.63) is 35.4 Å². The Morgan fingerprint density at radius 3 is 2.29 bits per heavy atom. The number of carbonyl (C=O) groups is 2. The Morgan fingerprint density at radius 1 is 1.19 bits per heavy atom. The first kappa shape index (κ1) is 15.5. The fourth-order valence-electron chi connectivity index (χ4n) is 2.63. The van der Waals surface area contributed by atoms with E-state index in [0.717, 1.165) is 18.4 Å². The van der Waals surface area contributed by atoms with Gasteiger partial charge in [-0.05, 0) is 36.8 Å². The van der Waals surface area contributed by atoms with Crippen molar-refractivity contribution in [3.8, 4) is 0 Å². The van der Waals surface area contributed by atoms with E-state index in [4.69, 9.17) is 0 Å². The van der Waals surface area contributed by atoms with Gasteiger partial charge in [0.2, 0.25) is 5.91 Å². The lowest BCUT2D eigenvalue weighted by Crippen LogP contribution is -2.47. The number of nitrogens with one attached hydrogen (secondary N) is 1. The van der Waals surface area contributed by atoms with Gasteiger partial charge >= 0.3 is 5.97 Å². The van der Waals surface area contributed by atoms with Crippen LogP contribution in [-0.4, -0.2) is 23.5 Å². The monoisotopic (exact) mass is 289 g/mol. The molecule has 2 N–H and O–H groups in total. The molecule has 21 heavy (non-hydrogen) atoms. The highest BCUT2D eigenvalue weighted by molar-refractivity contribution is 5.79. The summed E-state index contributed by atoms with van der Waals surface area (Å²) in [7, 11) is 0. The lowest BCUT2D eigenvalue weighted by atomic mass is 9.69. The molecular weight excluding hydrogens is 266 g/mol. The second-order valence-corrected chi connectivity index (χ2v) is 5.89. The highest BCUT2D eigenvalue weighted by Gasteiger charge is 2.44. The van der Waals surface area contributed by atoms with E-state index in [2.05, 4.69) is 36.5 Å². The first-order chi connectivity index (χ1) is 10.1. The number of amides is 1. The minimum atomic E-state index is -0.788. The number of aliphatic carboxylic acids is 1. The molecule has 0 heterocycles. The van der Waals surface area contributed by atoms with Gasteiger partial charge in [-0.2, -0.15) is 0 Å². The maximum absolute atomic E-state index is 11.8. The summed E-state index contributed by atoms with van der Waals surface area (Å²) in [5.74, 6) is -0.855. The number of benzene rings is 1. The van der Waals surface area contributed by atoms with Crippen molar-refractivity contribution in [2.45, 2.75) is 45.4 Å². The van der Waals surface area contributed by atoms with Crippen molar-refractivity contribution in [3.63, 3.8) is 0 Å². The molecule has 1 saturated carbocycles. The van der Waals surface area contributed by atoms with Crippen LogP contribution in [0, 0.1) is 5.41 Å². The molecule has 0 radical (unpaired) electrons. The zero-order valence-electron chi connectivity index (χ0n) is 12.5. The molecule has 1 aromatic rings. The Labute approximate surface area is 125 Å². The molecule has 0 atom stereocenters. The average molecular weight is 289 g/mol. The van der Waals surface area contributed by atoms with E-state index in [1.54, 1.807) is 0 Å². The van der Waals surface area contributed by atoms with Crippen molar-refractivity contribution in [1.29, 1.82) is 0 Å². The highest BCUT2D eigenvalue weighted by atomic mass is 16.4. The van der Waals surface area contributed by atoms with Gasteiger partial charge in [-0.15, -0.1) is 0 Å². The summed E-state index contributed by atoms with van der Waals surface area (Å²) in [5, 5.41) is 12.0. The molecule has 1 amide bonds. The van der Waals surface area contributed by atoms with E-state index in [-0.39, 0.29) is 12.5 Å². The van der Waals surface area contributed by atoms with Crippen LogP contribution in [0.2, 0.25) is 0 Å². The van der Waals surface area contributed by atoms with Gasteiger partial charge in [-0.25, -0.2) is 0 Å². The number of hydrogen-bond donors (Lipinski definition) is 2. The lowest BCUT2D eigenvalue weighted by Gasteiger charge is -2.37. The number of carboxylic acids is 1. The van der Waals surface area contributed by atoms with Crippen LogP contribution in [0.25, 0.3) is 0 Å². The van der Waals surface area contributed by atoms with Gasteiger partial charge in [0.05, 0.1) is 5.41 Å². The Kier molecular flexibility index (Phi) is 4.99. The molecular formula is C17H23NO3. The van der Waals surface area contributed by atoms with Crippen molar-refractivity contribution < 1.29 is 14.7 Å². The maximum Gasteiger partial charge on any atom is 0.311 e. The van der Waals surface area contributed by atoms with Gasteiger partial charge in [-0.1, -0.05) is 37.6 Å². The molecule has 0 spiro atoms. The van der Waals surface area contributed by atoms with Crippen LogP contribution in [0.1, 0.15) is 43.7 Å². The molecule has 0 bridgehead atoms. The Morgan fingerprint density at radius 2 is 1.81 bits per heavy atom. The summed E-state index contributed by atoms with van der Waals surface area (Å²) in [6.07, 6.45) is 4.38. The molecule has 0 unspecified atom stereocenters. The minimum absolute atomic E-state index is 0.0675. The largest absolute Gasteiger partial charge is 0.481 e. The number of aryl methyl sites for hydroxylation is 2. The van der Waals surface area contributed by atoms with Crippen LogP contribution >= 0.6 is 0 Å². The zero-order chi connectivity index (χ0) is 15.3. The Hall–Kier alpha value is -1.84. The molecule has 0 aromatic heterocycles. The standard InChI is InChI=1S/C17H23NO3/c1-2-13-4-6-14(7-5-13)8-9-15(19)18-12-17(16(20)21)10-3-11-17/h4-7H,2-3,8-12H2,1H3,(H,18,19)(H,20,21). The third-order valence-electron chi connectivity index (χ3n) is 4.46. The van der Waals surface area contributed by atoms with Gasteiger partial charge in [0.15, 0.2) is 0 Å². The van der Waals surface area contributed by atoms with E-state index in [1.165, 1.54) is 5.56 Å². The molecule has 2 rings (SSSR count). The minimum Gasteiger partial charge on any atom is -0.481 e. The first-order valence-corrected chi connectivity index (χ1v) is 7.64. The molecule has 1 fully saturated rings. The maximum atomic E-state index is 11.8. The quantitative estimate of drug-likeness (QED) is 0.810. The third kappa shape index (κ3) is 3.84. The summed E-state index contributed by atoms with van der Waals surface area (Å²) in [6, 6.07) is 8.27. The molecule has 1 aliphatic rings. The van der Waals surface area contributed by atoms with Gasteiger partial charge in [0.1, 0.15) is 0 Å². The molecule has 0 saturated heterocycles.